The number of hydrogen-bond acceptors (Lipinski definition) is 4. The van der Waals surface area contributed by atoms with Crippen LogP contribution >= 0.6 is 0 Å². The molecule has 0 atom stereocenters. The quantitative estimate of drug-likeness (QED) is 0.640. The molecule has 0 spiro atoms. The van der Waals surface area contributed by atoms with Gasteiger partial charge in [0, 0.05) is 19.2 Å². The van der Waals surface area contributed by atoms with Crippen molar-refractivity contribution in [3.05, 3.63) is 29.8 Å². The summed E-state index contributed by atoms with van der Waals surface area (Å²) in [7, 11) is 3.04. The van der Waals surface area contributed by atoms with Crippen LogP contribution in [0.15, 0.2) is 24.3 Å². The standard InChI is InChI=1S/C15H22N2O3/c1-6-17(9-10(2)3)15(18)12-7-11(19-4)8-13(20-5)14(12)16/h7-8H,2,6,9,16H2,1,3-5H3. The summed E-state index contributed by atoms with van der Waals surface area (Å²) < 4.78 is 10.4. The number of benzene rings is 1. The van der Waals surface area contributed by atoms with E-state index in [9.17, 15) is 4.79 Å². The number of anilines is 1. The van der Waals surface area contributed by atoms with E-state index < -0.39 is 0 Å². The first kappa shape index (κ1) is 15.9. The van der Waals surface area contributed by atoms with Crippen molar-refractivity contribution in [2.24, 2.45) is 0 Å². The van der Waals surface area contributed by atoms with Crippen molar-refractivity contribution in [1.29, 1.82) is 0 Å². The van der Waals surface area contributed by atoms with Crippen LogP contribution in [-0.4, -0.2) is 38.1 Å². The predicted molar refractivity (Wildman–Crippen MR) is 80.3 cm³/mol. The molecule has 0 aromatic heterocycles. The summed E-state index contributed by atoms with van der Waals surface area (Å²) >= 11 is 0. The van der Waals surface area contributed by atoms with Crippen molar-refractivity contribution in [2.45, 2.75) is 13.8 Å². The van der Waals surface area contributed by atoms with Crippen LogP contribution in [-0.2, 0) is 0 Å². The molecule has 0 radical (unpaired) electrons. The summed E-state index contributed by atoms with van der Waals surface area (Å²) in [6, 6.07) is 3.28. The minimum absolute atomic E-state index is 0.162. The zero-order valence-corrected chi connectivity index (χ0v) is 12.5. The van der Waals surface area contributed by atoms with Crippen molar-refractivity contribution >= 4 is 11.6 Å². The first-order valence-corrected chi connectivity index (χ1v) is 6.39. The number of methoxy groups -OCH3 is 2. The highest BCUT2D eigenvalue weighted by molar-refractivity contribution is 6.01. The third-order valence-corrected chi connectivity index (χ3v) is 2.93. The summed E-state index contributed by atoms with van der Waals surface area (Å²) in [6.45, 7) is 8.69. The Hall–Kier alpha value is -2.17. The molecule has 2 N–H and O–H groups in total. The van der Waals surface area contributed by atoms with E-state index in [4.69, 9.17) is 15.2 Å². The van der Waals surface area contributed by atoms with Gasteiger partial charge in [-0.05, 0) is 19.9 Å². The second-order valence-electron chi connectivity index (χ2n) is 4.57. The fourth-order valence-electron chi connectivity index (χ4n) is 1.89. The molecule has 0 saturated heterocycles. The average molecular weight is 278 g/mol. The molecule has 110 valence electrons. The summed E-state index contributed by atoms with van der Waals surface area (Å²) in [6.07, 6.45) is 0. The highest BCUT2D eigenvalue weighted by atomic mass is 16.5. The van der Waals surface area contributed by atoms with Crippen LogP contribution in [0.1, 0.15) is 24.2 Å². The molecule has 0 bridgehead atoms. The van der Waals surface area contributed by atoms with Crippen LogP contribution in [0.25, 0.3) is 0 Å². The monoisotopic (exact) mass is 278 g/mol. The van der Waals surface area contributed by atoms with Crippen LogP contribution in [0.4, 0.5) is 5.69 Å². The van der Waals surface area contributed by atoms with Crippen molar-refractivity contribution in [2.75, 3.05) is 33.0 Å². The van der Waals surface area contributed by atoms with E-state index in [0.29, 0.717) is 35.8 Å². The van der Waals surface area contributed by atoms with Gasteiger partial charge in [-0.3, -0.25) is 4.79 Å². The topological polar surface area (TPSA) is 64.8 Å². The zero-order valence-electron chi connectivity index (χ0n) is 12.5. The maximum atomic E-state index is 12.6. The van der Waals surface area contributed by atoms with Crippen molar-refractivity contribution in [1.82, 2.24) is 4.90 Å². The Morgan fingerprint density at radius 3 is 2.45 bits per heavy atom. The van der Waals surface area contributed by atoms with E-state index in [0.717, 1.165) is 5.57 Å². The van der Waals surface area contributed by atoms with Crippen LogP contribution in [0.5, 0.6) is 11.5 Å². The first-order valence-electron chi connectivity index (χ1n) is 6.39. The Balaban J connectivity index is 3.22. The fraction of sp³-hybridized carbons (Fsp3) is 0.400. The minimum Gasteiger partial charge on any atom is -0.497 e. The minimum atomic E-state index is -0.162. The van der Waals surface area contributed by atoms with E-state index in [2.05, 4.69) is 6.58 Å². The van der Waals surface area contributed by atoms with Gasteiger partial charge in [-0.15, -0.1) is 0 Å². The molecule has 0 aliphatic carbocycles. The molecule has 5 heteroatoms. The van der Waals surface area contributed by atoms with Gasteiger partial charge in [-0.2, -0.15) is 0 Å². The molecule has 1 aromatic rings. The molecular weight excluding hydrogens is 256 g/mol. The SMILES string of the molecule is C=C(C)CN(CC)C(=O)c1cc(OC)cc(OC)c1N. The summed E-state index contributed by atoms with van der Waals surface area (Å²) in [5, 5.41) is 0. The molecule has 0 unspecified atom stereocenters. The van der Waals surface area contributed by atoms with E-state index in [1.165, 1.54) is 14.2 Å². The molecule has 1 amide bonds. The highest BCUT2D eigenvalue weighted by Gasteiger charge is 2.20. The number of ether oxygens (including phenoxy) is 2. The van der Waals surface area contributed by atoms with Crippen LogP contribution in [0.2, 0.25) is 0 Å². The van der Waals surface area contributed by atoms with Crippen molar-refractivity contribution < 1.29 is 14.3 Å². The van der Waals surface area contributed by atoms with Gasteiger partial charge in [0.05, 0.1) is 25.5 Å². The Bertz CT molecular complexity index is 512. The fourth-order valence-corrected chi connectivity index (χ4v) is 1.89. The number of carbonyl (C=O) groups excluding carboxylic acids is 1. The average Bonchev–Trinajstić information content (AvgIpc) is 2.44. The van der Waals surface area contributed by atoms with Crippen molar-refractivity contribution in [3.63, 3.8) is 0 Å². The van der Waals surface area contributed by atoms with E-state index in [1.54, 1.807) is 17.0 Å². The Kier molecular flexibility index (Phi) is 5.43. The maximum absolute atomic E-state index is 12.6. The van der Waals surface area contributed by atoms with Gasteiger partial charge in [0.25, 0.3) is 5.91 Å². The lowest BCUT2D eigenvalue weighted by Crippen LogP contribution is -2.32. The number of carbonyl (C=O) groups is 1. The Morgan fingerprint density at radius 1 is 1.35 bits per heavy atom. The van der Waals surface area contributed by atoms with Gasteiger partial charge in [-0.25, -0.2) is 0 Å². The number of likely N-dealkylation sites (N-methyl/N-ethyl adjacent to an activating group) is 1. The Labute approximate surface area is 120 Å². The molecule has 5 nitrogen and oxygen atoms in total. The number of nitrogens with zero attached hydrogens (tertiary/aromatic N) is 1. The number of nitrogen functional groups attached to an aromatic ring is 1. The molecule has 0 aliphatic rings. The second kappa shape index (κ2) is 6.84. The molecule has 1 rings (SSSR count). The van der Waals surface area contributed by atoms with Crippen LogP contribution < -0.4 is 15.2 Å². The van der Waals surface area contributed by atoms with Gasteiger partial charge < -0.3 is 20.1 Å². The number of amides is 1. The molecule has 0 fully saturated rings. The van der Waals surface area contributed by atoms with E-state index in [-0.39, 0.29) is 5.91 Å². The summed E-state index contributed by atoms with van der Waals surface area (Å²) in [5.41, 5.74) is 7.60. The highest BCUT2D eigenvalue weighted by Crippen LogP contribution is 2.31. The second-order valence-corrected chi connectivity index (χ2v) is 4.57. The molecule has 20 heavy (non-hydrogen) atoms. The van der Waals surface area contributed by atoms with Gasteiger partial charge in [0.1, 0.15) is 11.5 Å². The molecule has 1 aromatic carbocycles. The van der Waals surface area contributed by atoms with Crippen molar-refractivity contribution in [3.8, 4) is 11.5 Å². The Morgan fingerprint density at radius 2 is 2.00 bits per heavy atom. The van der Waals surface area contributed by atoms with Gasteiger partial charge in [0.15, 0.2) is 0 Å². The number of rotatable bonds is 6. The third kappa shape index (κ3) is 3.44. The zero-order chi connectivity index (χ0) is 15.3. The van der Waals surface area contributed by atoms with Gasteiger partial charge in [-0.1, -0.05) is 12.2 Å². The third-order valence-electron chi connectivity index (χ3n) is 2.93. The van der Waals surface area contributed by atoms with Crippen LogP contribution in [0, 0.1) is 0 Å². The number of hydrogen-bond donors (Lipinski definition) is 1. The maximum Gasteiger partial charge on any atom is 0.256 e. The summed E-state index contributed by atoms with van der Waals surface area (Å²) in [4.78, 5) is 14.2. The predicted octanol–water partition coefficient (Wildman–Crippen LogP) is 2.32. The largest absolute Gasteiger partial charge is 0.497 e. The van der Waals surface area contributed by atoms with Crippen LogP contribution in [0.3, 0.4) is 0 Å². The molecule has 0 heterocycles. The first-order chi connectivity index (χ1) is 9.44. The lowest BCUT2D eigenvalue weighted by atomic mass is 10.1. The summed E-state index contributed by atoms with van der Waals surface area (Å²) in [5.74, 6) is 0.801. The molecular formula is C15H22N2O3. The lowest BCUT2D eigenvalue weighted by molar-refractivity contribution is 0.0778. The molecule has 0 saturated carbocycles. The smallest absolute Gasteiger partial charge is 0.256 e. The lowest BCUT2D eigenvalue weighted by Gasteiger charge is -2.22. The number of nitrogens with two attached hydrogens (primary N) is 1. The van der Waals surface area contributed by atoms with Gasteiger partial charge in [0.2, 0.25) is 0 Å². The van der Waals surface area contributed by atoms with E-state index in [1.807, 2.05) is 13.8 Å². The van der Waals surface area contributed by atoms with E-state index >= 15 is 0 Å². The van der Waals surface area contributed by atoms with Gasteiger partial charge >= 0.3 is 0 Å². The molecule has 0 aliphatic heterocycles. The normalized spacial score (nSPS) is 10.0.